The minimum atomic E-state index is -0.490. The minimum absolute atomic E-state index is 0.142. The summed E-state index contributed by atoms with van der Waals surface area (Å²) in [5.74, 6) is 0.144. The quantitative estimate of drug-likeness (QED) is 0.682. The fourth-order valence-electron chi connectivity index (χ4n) is 2.63. The fourth-order valence-corrected chi connectivity index (χ4v) is 2.63. The Morgan fingerprint density at radius 1 is 1.38 bits per heavy atom. The number of benzene rings is 1. The average Bonchev–Trinajstić information content (AvgIpc) is 2.54. The summed E-state index contributed by atoms with van der Waals surface area (Å²) < 4.78 is 16.8. The summed E-state index contributed by atoms with van der Waals surface area (Å²) in [4.78, 5) is 11.9. The highest BCUT2D eigenvalue weighted by Crippen LogP contribution is 2.39. The van der Waals surface area contributed by atoms with Gasteiger partial charge in [0.05, 0.1) is 5.60 Å². The Balaban J connectivity index is 1.88. The summed E-state index contributed by atoms with van der Waals surface area (Å²) in [6, 6.07) is 6.94. The van der Waals surface area contributed by atoms with E-state index in [0.29, 0.717) is 17.9 Å². The zero-order chi connectivity index (χ0) is 15.7. The second kappa shape index (κ2) is 5.56. The van der Waals surface area contributed by atoms with Crippen LogP contribution in [0.15, 0.2) is 24.3 Å². The molecule has 116 valence electrons. The van der Waals surface area contributed by atoms with Crippen LogP contribution in [0.25, 0.3) is 0 Å². The lowest BCUT2D eigenvalue weighted by Crippen LogP contribution is -2.37. The molecule has 1 atom stereocenters. The molecule has 5 nitrogen and oxygen atoms in total. The predicted molar refractivity (Wildman–Crippen MR) is 80.1 cm³/mol. The first-order valence-electron chi connectivity index (χ1n) is 7.06. The van der Waals surface area contributed by atoms with E-state index in [0.717, 1.165) is 0 Å². The van der Waals surface area contributed by atoms with E-state index in [2.05, 4.69) is 0 Å². The highest BCUT2D eigenvalue weighted by Gasteiger charge is 2.48. The van der Waals surface area contributed by atoms with Crippen molar-refractivity contribution in [3.8, 4) is 5.75 Å². The number of anilines is 1. The number of esters is 1. The Morgan fingerprint density at radius 3 is 2.67 bits per heavy atom. The molecule has 1 fully saturated rings. The topological polar surface area (TPSA) is 70.8 Å². The molecule has 0 radical (unpaired) electrons. The van der Waals surface area contributed by atoms with Crippen molar-refractivity contribution in [1.29, 1.82) is 0 Å². The lowest BCUT2D eigenvalue weighted by Gasteiger charge is -2.26. The minimum Gasteiger partial charge on any atom is -0.482 e. The molecule has 0 amide bonds. The zero-order valence-corrected chi connectivity index (χ0v) is 13.0. The molecule has 2 rings (SSSR count). The third kappa shape index (κ3) is 4.11. The van der Waals surface area contributed by atoms with Crippen LogP contribution < -0.4 is 10.5 Å². The number of carbonyl (C=O) groups excluding carboxylic acids is 1. The molecule has 1 aliphatic heterocycles. The molecular formula is C16H23NO4. The van der Waals surface area contributed by atoms with Gasteiger partial charge in [0.1, 0.15) is 17.5 Å². The van der Waals surface area contributed by atoms with Crippen LogP contribution in [0.3, 0.4) is 0 Å². The van der Waals surface area contributed by atoms with Gasteiger partial charge in [0.15, 0.2) is 6.61 Å². The van der Waals surface area contributed by atoms with E-state index in [1.165, 1.54) is 0 Å². The van der Waals surface area contributed by atoms with Crippen molar-refractivity contribution in [2.24, 2.45) is 0 Å². The van der Waals surface area contributed by atoms with Crippen LogP contribution in [-0.2, 0) is 14.3 Å². The number of ether oxygens (including phenoxy) is 3. The molecule has 1 heterocycles. The Bertz CT molecular complexity index is 525. The fraction of sp³-hybridized carbons (Fsp3) is 0.562. The van der Waals surface area contributed by atoms with Gasteiger partial charge in [-0.1, -0.05) is 6.07 Å². The van der Waals surface area contributed by atoms with Gasteiger partial charge in [-0.05, 0) is 39.8 Å². The van der Waals surface area contributed by atoms with E-state index in [1.54, 1.807) is 24.3 Å². The largest absolute Gasteiger partial charge is 0.482 e. The molecule has 21 heavy (non-hydrogen) atoms. The van der Waals surface area contributed by atoms with E-state index >= 15 is 0 Å². The number of hydrogen-bond acceptors (Lipinski definition) is 5. The highest BCUT2D eigenvalue weighted by atomic mass is 16.6. The standard InChI is InChI=1S/C16H23NO4/c1-15(2)9-13(16(3,4)21-15)20-14(18)10-19-12-7-5-6-11(17)8-12/h5-8,13H,9-10,17H2,1-4H3. The van der Waals surface area contributed by atoms with E-state index in [1.807, 2.05) is 27.7 Å². The van der Waals surface area contributed by atoms with Gasteiger partial charge < -0.3 is 19.9 Å². The number of hydrogen-bond donors (Lipinski definition) is 1. The second-order valence-corrected chi connectivity index (χ2v) is 6.51. The van der Waals surface area contributed by atoms with Gasteiger partial charge in [-0.2, -0.15) is 0 Å². The monoisotopic (exact) mass is 293 g/mol. The third-order valence-corrected chi connectivity index (χ3v) is 3.48. The molecule has 0 saturated carbocycles. The summed E-state index contributed by atoms with van der Waals surface area (Å²) >= 11 is 0. The van der Waals surface area contributed by atoms with E-state index in [9.17, 15) is 4.79 Å². The molecule has 0 aromatic heterocycles. The van der Waals surface area contributed by atoms with Gasteiger partial charge in [-0.3, -0.25) is 0 Å². The highest BCUT2D eigenvalue weighted by molar-refractivity contribution is 5.71. The maximum atomic E-state index is 11.9. The molecule has 5 heteroatoms. The average molecular weight is 293 g/mol. The van der Waals surface area contributed by atoms with Gasteiger partial charge in [0, 0.05) is 18.2 Å². The summed E-state index contributed by atoms with van der Waals surface area (Å²) in [6.07, 6.45) is 0.397. The Kier molecular flexibility index (Phi) is 4.14. The molecule has 1 unspecified atom stereocenters. The van der Waals surface area contributed by atoms with Gasteiger partial charge in [-0.25, -0.2) is 4.79 Å². The van der Waals surface area contributed by atoms with Gasteiger partial charge in [-0.15, -0.1) is 0 Å². The molecule has 1 aliphatic rings. The van der Waals surface area contributed by atoms with Gasteiger partial charge in [0.25, 0.3) is 0 Å². The number of nitrogen functional groups attached to an aromatic ring is 1. The van der Waals surface area contributed by atoms with Gasteiger partial charge >= 0.3 is 5.97 Å². The Hall–Kier alpha value is -1.75. The van der Waals surface area contributed by atoms with E-state index in [-0.39, 0.29) is 18.3 Å². The molecule has 1 saturated heterocycles. The van der Waals surface area contributed by atoms with Crippen molar-refractivity contribution in [2.45, 2.75) is 51.4 Å². The second-order valence-electron chi connectivity index (χ2n) is 6.51. The lowest BCUT2D eigenvalue weighted by molar-refractivity contribution is -0.160. The first-order chi connectivity index (χ1) is 9.68. The van der Waals surface area contributed by atoms with Crippen LogP contribution >= 0.6 is 0 Å². The van der Waals surface area contributed by atoms with Crippen LogP contribution in [0, 0.1) is 0 Å². The van der Waals surface area contributed by atoms with Crippen molar-refractivity contribution in [3.63, 3.8) is 0 Å². The maximum Gasteiger partial charge on any atom is 0.344 e. The summed E-state index contributed by atoms with van der Waals surface area (Å²) in [5, 5.41) is 0. The molecule has 0 spiro atoms. The van der Waals surface area contributed by atoms with Gasteiger partial charge in [0.2, 0.25) is 0 Å². The molecular weight excluding hydrogens is 270 g/mol. The first-order valence-corrected chi connectivity index (χ1v) is 7.06. The molecule has 1 aromatic rings. The van der Waals surface area contributed by atoms with Crippen LogP contribution in [0.2, 0.25) is 0 Å². The third-order valence-electron chi connectivity index (χ3n) is 3.48. The van der Waals surface area contributed by atoms with Crippen molar-refractivity contribution in [1.82, 2.24) is 0 Å². The SMILES string of the molecule is CC1(C)CC(OC(=O)COc2cccc(N)c2)C(C)(C)O1. The molecule has 0 aliphatic carbocycles. The van der Waals surface area contributed by atoms with Crippen molar-refractivity contribution in [3.05, 3.63) is 24.3 Å². The van der Waals surface area contributed by atoms with Crippen molar-refractivity contribution in [2.75, 3.05) is 12.3 Å². The Morgan fingerprint density at radius 2 is 2.10 bits per heavy atom. The lowest BCUT2D eigenvalue weighted by atomic mass is 9.97. The van der Waals surface area contributed by atoms with Crippen LogP contribution in [-0.4, -0.2) is 29.9 Å². The summed E-state index contributed by atoms with van der Waals surface area (Å²) in [7, 11) is 0. The number of carbonyl (C=O) groups is 1. The number of rotatable bonds is 4. The molecule has 1 aromatic carbocycles. The number of nitrogens with two attached hydrogens (primary N) is 1. The van der Waals surface area contributed by atoms with E-state index in [4.69, 9.17) is 19.9 Å². The predicted octanol–water partition coefficient (Wildman–Crippen LogP) is 2.54. The summed E-state index contributed by atoms with van der Waals surface area (Å²) in [5.41, 5.74) is 5.46. The molecule has 2 N–H and O–H groups in total. The first kappa shape index (κ1) is 15.6. The van der Waals surface area contributed by atoms with Crippen molar-refractivity contribution < 1.29 is 19.0 Å². The van der Waals surface area contributed by atoms with Crippen LogP contribution in [0.4, 0.5) is 5.69 Å². The normalized spacial score (nSPS) is 22.8. The van der Waals surface area contributed by atoms with Crippen LogP contribution in [0.1, 0.15) is 34.1 Å². The summed E-state index contributed by atoms with van der Waals surface area (Å²) in [6.45, 7) is 7.70. The maximum absolute atomic E-state index is 11.9. The van der Waals surface area contributed by atoms with E-state index < -0.39 is 11.6 Å². The van der Waals surface area contributed by atoms with Crippen LogP contribution in [0.5, 0.6) is 5.75 Å². The smallest absolute Gasteiger partial charge is 0.344 e. The Labute approximate surface area is 125 Å². The van der Waals surface area contributed by atoms with Crippen molar-refractivity contribution >= 4 is 11.7 Å². The molecule has 0 bridgehead atoms. The zero-order valence-electron chi connectivity index (χ0n) is 13.0.